The monoisotopic (exact) mass is 295 g/mol. The van der Waals surface area contributed by atoms with E-state index in [4.69, 9.17) is 0 Å². The summed E-state index contributed by atoms with van der Waals surface area (Å²) >= 11 is 0. The molecule has 0 bridgehead atoms. The van der Waals surface area contributed by atoms with Crippen LogP contribution >= 0.6 is 0 Å². The summed E-state index contributed by atoms with van der Waals surface area (Å²) in [6.45, 7) is 11.7. The summed E-state index contributed by atoms with van der Waals surface area (Å²) in [5.41, 5.74) is 0. The van der Waals surface area contributed by atoms with Crippen molar-refractivity contribution in [3.8, 4) is 0 Å². The van der Waals surface area contributed by atoms with Crippen LogP contribution in [-0.4, -0.2) is 60.5 Å². The quantitative estimate of drug-likeness (QED) is 0.844. The van der Waals surface area contributed by atoms with Crippen molar-refractivity contribution in [1.82, 2.24) is 15.1 Å². The van der Waals surface area contributed by atoms with E-state index in [9.17, 15) is 4.79 Å². The van der Waals surface area contributed by atoms with Crippen molar-refractivity contribution in [2.75, 3.05) is 32.7 Å². The molecule has 2 fully saturated rings. The van der Waals surface area contributed by atoms with Crippen LogP contribution in [0.1, 0.15) is 52.9 Å². The van der Waals surface area contributed by atoms with Crippen LogP contribution in [0.5, 0.6) is 0 Å². The van der Waals surface area contributed by atoms with Gasteiger partial charge in [0, 0.05) is 25.7 Å². The lowest BCUT2D eigenvalue weighted by molar-refractivity contribution is -0.138. The summed E-state index contributed by atoms with van der Waals surface area (Å²) < 4.78 is 0. The second-order valence-corrected chi connectivity index (χ2v) is 6.81. The van der Waals surface area contributed by atoms with Gasteiger partial charge >= 0.3 is 0 Å². The number of carbonyl (C=O) groups is 1. The summed E-state index contributed by atoms with van der Waals surface area (Å²) in [6.07, 6.45) is 6.15. The van der Waals surface area contributed by atoms with Crippen molar-refractivity contribution in [2.45, 2.75) is 65.0 Å². The second-order valence-electron chi connectivity index (χ2n) is 6.81. The molecule has 0 spiro atoms. The first-order valence-electron chi connectivity index (χ1n) is 8.89. The summed E-state index contributed by atoms with van der Waals surface area (Å²) in [5.74, 6) is 1.03. The first-order valence-corrected chi connectivity index (χ1v) is 8.89. The molecule has 1 amide bonds. The van der Waals surface area contributed by atoms with Crippen LogP contribution < -0.4 is 5.32 Å². The Bertz CT molecular complexity index is 328. The summed E-state index contributed by atoms with van der Waals surface area (Å²) in [7, 11) is 0. The number of nitrogens with one attached hydrogen (secondary N) is 1. The fourth-order valence-corrected chi connectivity index (χ4v) is 3.82. The molecule has 2 saturated heterocycles. The predicted octanol–water partition coefficient (Wildman–Crippen LogP) is 2.10. The molecule has 0 radical (unpaired) electrons. The minimum Gasteiger partial charge on any atom is -0.341 e. The number of rotatable bonds is 5. The maximum absolute atomic E-state index is 12.7. The Morgan fingerprint density at radius 1 is 1.14 bits per heavy atom. The highest BCUT2D eigenvalue weighted by atomic mass is 16.2. The molecule has 0 aromatic rings. The number of nitrogens with zero attached hydrogens (tertiary/aromatic N) is 2. The number of likely N-dealkylation sites (tertiary alicyclic amines) is 2. The van der Waals surface area contributed by atoms with Crippen LogP contribution in [0.15, 0.2) is 0 Å². The van der Waals surface area contributed by atoms with Crippen molar-refractivity contribution in [3.05, 3.63) is 0 Å². The topological polar surface area (TPSA) is 35.6 Å². The van der Waals surface area contributed by atoms with E-state index in [0.29, 0.717) is 17.9 Å². The van der Waals surface area contributed by atoms with Gasteiger partial charge < -0.3 is 10.2 Å². The Morgan fingerprint density at radius 2 is 1.86 bits per heavy atom. The zero-order chi connectivity index (χ0) is 15.2. The number of hydrogen-bond acceptors (Lipinski definition) is 3. The smallest absolute Gasteiger partial charge is 0.239 e. The minimum absolute atomic E-state index is 0.0553. The van der Waals surface area contributed by atoms with Gasteiger partial charge in [0.25, 0.3) is 0 Å². The summed E-state index contributed by atoms with van der Waals surface area (Å²) in [5, 5.41) is 3.55. The average Bonchev–Trinajstić information content (AvgIpc) is 2.54. The zero-order valence-electron chi connectivity index (χ0n) is 14.1. The molecule has 21 heavy (non-hydrogen) atoms. The van der Waals surface area contributed by atoms with Crippen molar-refractivity contribution in [3.63, 3.8) is 0 Å². The minimum atomic E-state index is 0.0553. The predicted molar refractivity (Wildman–Crippen MR) is 87.3 cm³/mol. The molecule has 3 atom stereocenters. The maximum Gasteiger partial charge on any atom is 0.239 e. The molecular weight excluding hydrogens is 262 g/mol. The molecule has 4 nitrogen and oxygen atoms in total. The number of piperidine rings is 2. The summed E-state index contributed by atoms with van der Waals surface area (Å²) in [6, 6.07) is 0.606. The normalized spacial score (nSPS) is 27.4. The number of amides is 1. The van der Waals surface area contributed by atoms with Gasteiger partial charge in [-0.3, -0.25) is 9.69 Å². The lowest BCUT2D eigenvalue weighted by Crippen LogP contribution is -2.53. The van der Waals surface area contributed by atoms with Crippen LogP contribution in [0.2, 0.25) is 0 Å². The molecular formula is C17H33N3O. The maximum atomic E-state index is 12.7. The van der Waals surface area contributed by atoms with Crippen LogP contribution in [-0.2, 0) is 4.79 Å². The van der Waals surface area contributed by atoms with Crippen molar-refractivity contribution >= 4 is 5.91 Å². The second kappa shape index (κ2) is 8.14. The van der Waals surface area contributed by atoms with E-state index < -0.39 is 0 Å². The number of carbonyl (C=O) groups excluding carboxylic acids is 1. The third-order valence-electron chi connectivity index (χ3n) is 5.30. The molecule has 2 aliphatic heterocycles. The van der Waals surface area contributed by atoms with E-state index >= 15 is 0 Å². The van der Waals surface area contributed by atoms with Crippen molar-refractivity contribution < 1.29 is 4.79 Å². The van der Waals surface area contributed by atoms with Gasteiger partial charge in [0.15, 0.2) is 0 Å². The molecule has 3 unspecified atom stereocenters. The van der Waals surface area contributed by atoms with Gasteiger partial charge in [0.2, 0.25) is 5.91 Å². The molecule has 1 N–H and O–H groups in total. The number of hydrogen-bond donors (Lipinski definition) is 1. The average molecular weight is 295 g/mol. The molecule has 2 rings (SSSR count). The molecule has 0 saturated carbocycles. The van der Waals surface area contributed by atoms with E-state index in [1.54, 1.807) is 0 Å². The van der Waals surface area contributed by atoms with E-state index in [2.05, 4.69) is 35.9 Å². The van der Waals surface area contributed by atoms with Crippen molar-refractivity contribution in [2.24, 2.45) is 5.92 Å². The Labute approximate surface area is 130 Å². The van der Waals surface area contributed by atoms with Crippen LogP contribution in [0.4, 0.5) is 0 Å². The Morgan fingerprint density at radius 3 is 2.52 bits per heavy atom. The molecule has 0 aromatic carbocycles. The SMILES string of the molecule is CCNC(C)C1CCCN(C(C)C(=O)N2CCCCC2)C1. The van der Waals surface area contributed by atoms with Crippen LogP contribution in [0.3, 0.4) is 0 Å². The van der Waals surface area contributed by atoms with Crippen LogP contribution in [0.25, 0.3) is 0 Å². The van der Waals surface area contributed by atoms with Gasteiger partial charge in [-0.1, -0.05) is 6.92 Å². The molecule has 0 aliphatic carbocycles. The largest absolute Gasteiger partial charge is 0.341 e. The fourth-order valence-electron chi connectivity index (χ4n) is 3.82. The highest BCUT2D eigenvalue weighted by Crippen LogP contribution is 2.22. The first kappa shape index (κ1) is 16.8. The molecule has 4 heteroatoms. The lowest BCUT2D eigenvalue weighted by atomic mass is 9.90. The lowest BCUT2D eigenvalue weighted by Gasteiger charge is -2.40. The zero-order valence-corrected chi connectivity index (χ0v) is 14.1. The van der Waals surface area contributed by atoms with Crippen LogP contribution in [0, 0.1) is 5.92 Å². The van der Waals surface area contributed by atoms with Gasteiger partial charge in [0.05, 0.1) is 6.04 Å². The molecule has 122 valence electrons. The first-order chi connectivity index (χ1) is 10.1. The Hall–Kier alpha value is -0.610. The van der Waals surface area contributed by atoms with E-state index in [1.807, 2.05) is 0 Å². The molecule has 2 aliphatic rings. The van der Waals surface area contributed by atoms with E-state index in [-0.39, 0.29) is 6.04 Å². The van der Waals surface area contributed by atoms with Gasteiger partial charge in [-0.25, -0.2) is 0 Å². The van der Waals surface area contributed by atoms with Gasteiger partial charge in [-0.05, 0) is 65.0 Å². The molecule has 2 heterocycles. The van der Waals surface area contributed by atoms with Gasteiger partial charge in [-0.15, -0.1) is 0 Å². The third-order valence-corrected chi connectivity index (χ3v) is 5.30. The van der Waals surface area contributed by atoms with Gasteiger partial charge in [0.1, 0.15) is 0 Å². The Kier molecular flexibility index (Phi) is 6.49. The van der Waals surface area contributed by atoms with E-state index in [1.165, 1.54) is 32.1 Å². The van der Waals surface area contributed by atoms with Crippen molar-refractivity contribution in [1.29, 1.82) is 0 Å². The highest BCUT2D eigenvalue weighted by Gasteiger charge is 2.31. The molecule has 0 aromatic heterocycles. The van der Waals surface area contributed by atoms with E-state index in [0.717, 1.165) is 32.7 Å². The fraction of sp³-hybridized carbons (Fsp3) is 0.941. The standard InChI is InChI=1S/C17H33N3O/c1-4-18-14(2)16-9-8-12-20(13-16)15(3)17(21)19-10-6-5-7-11-19/h14-16,18H,4-13H2,1-3H3. The third kappa shape index (κ3) is 4.43. The summed E-state index contributed by atoms with van der Waals surface area (Å²) in [4.78, 5) is 17.2. The Balaban J connectivity index is 1.88. The highest BCUT2D eigenvalue weighted by molar-refractivity contribution is 5.81. The van der Waals surface area contributed by atoms with Gasteiger partial charge in [-0.2, -0.15) is 0 Å².